The standard InChI is InChI=1S/C12H15ClN2O/c1-12-4-8(12)2-10(15-12)7-16-11-3-9(13)5-14-6-11/h3,5-6,8,10,15H,2,4,7H2,1H3/t8-,10?,12+/m0/s1. The number of hydrogen-bond donors (Lipinski definition) is 1. The number of hydrogen-bond acceptors (Lipinski definition) is 3. The van der Waals surface area contributed by atoms with Crippen molar-refractivity contribution in [3.05, 3.63) is 23.5 Å². The van der Waals surface area contributed by atoms with Gasteiger partial charge in [-0.2, -0.15) is 0 Å². The van der Waals surface area contributed by atoms with E-state index in [9.17, 15) is 0 Å². The van der Waals surface area contributed by atoms with E-state index in [1.807, 2.05) is 0 Å². The third-order valence-corrected chi connectivity index (χ3v) is 3.85. The van der Waals surface area contributed by atoms with Crippen molar-refractivity contribution in [1.29, 1.82) is 0 Å². The zero-order chi connectivity index (χ0) is 11.2. The molecule has 2 aliphatic rings. The molecule has 1 unspecified atom stereocenters. The van der Waals surface area contributed by atoms with Crippen LogP contribution in [0.1, 0.15) is 19.8 Å². The lowest BCUT2D eigenvalue weighted by Gasteiger charge is -2.16. The summed E-state index contributed by atoms with van der Waals surface area (Å²) >= 11 is 5.83. The zero-order valence-electron chi connectivity index (χ0n) is 9.24. The van der Waals surface area contributed by atoms with E-state index in [4.69, 9.17) is 16.3 Å². The van der Waals surface area contributed by atoms with Gasteiger partial charge in [-0.05, 0) is 25.7 Å². The lowest BCUT2D eigenvalue weighted by Crippen LogP contribution is -2.36. The maximum atomic E-state index is 5.83. The Morgan fingerprint density at radius 1 is 1.62 bits per heavy atom. The highest BCUT2D eigenvalue weighted by Crippen LogP contribution is 2.51. The number of aromatic nitrogens is 1. The number of halogens is 1. The van der Waals surface area contributed by atoms with Gasteiger partial charge in [-0.3, -0.25) is 4.98 Å². The van der Waals surface area contributed by atoms with Gasteiger partial charge in [0, 0.05) is 23.8 Å². The number of nitrogens with one attached hydrogen (secondary N) is 1. The van der Waals surface area contributed by atoms with Gasteiger partial charge in [0.05, 0.1) is 11.2 Å². The Morgan fingerprint density at radius 3 is 3.19 bits per heavy atom. The Balaban J connectivity index is 1.54. The Hall–Kier alpha value is -0.800. The summed E-state index contributed by atoms with van der Waals surface area (Å²) in [6.07, 6.45) is 5.86. The van der Waals surface area contributed by atoms with Crippen LogP contribution in [0.5, 0.6) is 5.75 Å². The monoisotopic (exact) mass is 238 g/mol. The Morgan fingerprint density at radius 2 is 2.50 bits per heavy atom. The van der Waals surface area contributed by atoms with Crippen LogP contribution in [0, 0.1) is 5.92 Å². The highest BCUT2D eigenvalue weighted by Gasteiger charge is 2.56. The van der Waals surface area contributed by atoms with E-state index in [0.29, 0.717) is 23.2 Å². The highest BCUT2D eigenvalue weighted by atomic mass is 35.5. The maximum absolute atomic E-state index is 5.83. The van der Waals surface area contributed by atoms with E-state index < -0.39 is 0 Å². The van der Waals surface area contributed by atoms with Crippen LogP contribution in [0.15, 0.2) is 18.5 Å². The number of pyridine rings is 1. The van der Waals surface area contributed by atoms with E-state index >= 15 is 0 Å². The normalized spacial score (nSPS) is 35.9. The van der Waals surface area contributed by atoms with Crippen LogP contribution >= 0.6 is 11.6 Å². The SMILES string of the molecule is C[C@@]12C[C@@H]1CC(COc1cncc(Cl)c1)N2. The van der Waals surface area contributed by atoms with Crippen molar-refractivity contribution in [2.75, 3.05) is 6.61 Å². The summed E-state index contributed by atoms with van der Waals surface area (Å²) < 4.78 is 5.68. The van der Waals surface area contributed by atoms with Crippen molar-refractivity contribution in [2.45, 2.75) is 31.3 Å². The Kier molecular flexibility index (Phi) is 2.33. The van der Waals surface area contributed by atoms with Crippen LogP contribution < -0.4 is 10.1 Å². The van der Waals surface area contributed by atoms with Crippen molar-refractivity contribution in [3.63, 3.8) is 0 Å². The molecule has 3 nitrogen and oxygen atoms in total. The molecule has 1 aromatic heterocycles. The maximum Gasteiger partial charge on any atom is 0.139 e. The minimum atomic E-state index is 0.403. The highest BCUT2D eigenvalue weighted by molar-refractivity contribution is 6.30. The summed E-state index contributed by atoms with van der Waals surface area (Å²) in [4.78, 5) is 3.99. The molecule has 16 heavy (non-hydrogen) atoms. The van der Waals surface area contributed by atoms with Crippen molar-refractivity contribution in [1.82, 2.24) is 10.3 Å². The van der Waals surface area contributed by atoms with Gasteiger partial charge in [0.25, 0.3) is 0 Å². The molecule has 0 spiro atoms. The number of rotatable bonds is 3. The van der Waals surface area contributed by atoms with Gasteiger partial charge >= 0.3 is 0 Å². The second-order valence-corrected chi connectivity index (χ2v) is 5.48. The first-order chi connectivity index (χ1) is 7.66. The molecule has 1 aliphatic heterocycles. The topological polar surface area (TPSA) is 34.1 Å². The van der Waals surface area contributed by atoms with E-state index in [1.165, 1.54) is 12.8 Å². The lowest BCUT2D eigenvalue weighted by molar-refractivity contribution is 0.261. The summed E-state index contributed by atoms with van der Waals surface area (Å²) in [5.74, 6) is 1.61. The molecule has 1 saturated heterocycles. The molecule has 3 rings (SSSR count). The van der Waals surface area contributed by atoms with E-state index in [1.54, 1.807) is 18.5 Å². The van der Waals surface area contributed by atoms with Crippen LogP contribution in [0.2, 0.25) is 5.02 Å². The van der Waals surface area contributed by atoms with Gasteiger partial charge in [0.2, 0.25) is 0 Å². The quantitative estimate of drug-likeness (QED) is 0.877. The third-order valence-electron chi connectivity index (χ3n) is 3.65. The predicted octanol–water partition coefficient (Wildman–Crippen LogP) is 2.25. The molecule has 0 bridgehead atoms. The van der Waals surface area contributed by atoms with Crippen LogP contribution in [0.3, 0.4) is 0 Å². The molecule has 1 N–H and O–H groups in total. The number of fused-ring (bicyclic) bond motifs is 1. The van der Waals surface area contributed by atoms with Crippen molar-refractivity contribution in [3.8, 4) is 5.75 Å². The summed E-state index contributed by atoms with van der Waals surface area (Å²) in [5.41, 5.74) is 0.403. The summed E-state index contributed by atoms with van der Waals surface area (Å²) in [5, 5.41) is 4.23. The summed E-state index contributed by atoms with van der Waals surface area (Å²) in [7, 11) is 0. The summed E-state index contributed by atoms with van der Waals surface area (Å²) in [6.45, 7) is 2.99. The van der Waals surface area contributed by atoms with Gasteiger partial charge in [-0.25, -0.2) is 0 Å². The number of nitrogens with zero attached hydrogens (tertiary/aromatic N) is 1. The van der Waals surface area contributed by atoms with Gasteiger partial charge in [0.1, 0.15) is 12.4 Å². The molecule has 2 fully saturated rings. The second kappa shape index (κ2) is 3.60. The van der Waals surface area contributed by atoms with Crippen LogP contribution in [-0.4, -0.2) is 23.2 Å². The number of ether oxygens (including phenoxy) is 1. The third kappa shape index (κ3) is 1.89. The van der Waals surface area contributed by atoms with Crippen molar-refractivity contribution in [2.24, 2.45) is 5.92 Å². The van der Waals surface area contributed by atoms with E-state index in [2.05, 4.69) is 17.2 Å². The summed E-state index contributed by atoms with van der Waals surface area (Å²) in [6, 6.07) is 2.27. The fourth-order valence-electron chi connectivity index (χ4n) is 2.62. The molecule has 2 heterocycles. The van der Waals surface area contributed by atoms with Gasteiger partial charge in [0.15, 0.2) is 0 Å². The van der Waals surface area contributed by atoms with E-state index in [-0.39, 0.29) is 0 Å². The Labute approximate surface area is 100 Å². The molecule has 3 atom stereocenters. The fourth-order valence-corrected chi connectivity index (χ4v) is 2.78. The first-order valence-electron chi connectivity index (χ1n) is 5.67. The lowest BCUT2D eigenvalue weighted by atomic mass is 10.2. The smallest absolute Gasteiger partial charge is 0.139 e. The van der Waals surface area contributed by atoms with Gasteiger partial charge in [-0.1, -0.05) is 11.6 Å². The second-order valence-electron chi connectivity index (χ2n) is 5.05. The van der Waals surface area contributed by atoms with Crippen LogP contribution in [0.25, 0.3) is 0 Å². The molecule has 0 aromatic carbocycles. The molecule has 86 valence electrons. The predicted molar refractivity (Wildman–Crippen MR) is 62.8 cm³/mol. The fraction of sp³-hybridized carbons (Fsp3) is 0.583. The first-order valence-corrected chi connectivity index (χ1v) is 6.04. The van der Waals surface area contributed by atoms with Gasteiger partial charge in [-0.15, -0.1) is 0 Å². The molecule has 0 amide bonds. The number of piperidine rings is 1. The minimum absolute atomic E-state index is 0.403. The largest absolute Gasteiger partial charge is 0.490 e. The molecule has 4 heteroatoms. The first kappa shape index (κ1) is 10.4. The van der Waals surface area contributed by atoms with Crippen molar-refractivity contribution < 1.29 is 4.74 Å². The van der Waals surface area contributed by atoms with Gasteiger partial charge < -0.3 is 10.1 Å². The molecule has 0 radical (unpaired) electrons. The minimum Gasteiger partial charge on any atom is -0.490 e. The average molecular weight is 239 g/mol. The van der Waals surface area contributed by atoms with Crippen LogP contribution in [0.4, 0.5) is 0 Å². The molecular formula is C12H15ClN2O. The van der Waals surface area contributed by atoms with Crippen LogP contribution in [-0.2, 0) is 0 Å². The molecule has 1 aliphatic carbocycles. The Bertz CT molecular complexity index is 412. The average Bonchev–Trinajstić information content (AvgIpc) is 2.75. The molecule has 1 saturated carbocycles. The van der Waals surface area contributed by atoms with E-state index in [0.717, 1.165) is 11.7 Å². The van der Waals surface area contributed by atoms with Crippen molar-refractivity contribution >= 4 is 11.6 Å². The zero-order valence-corrected chi connectivity index (χ0v) is 10.00. The molecule has 1 aromatic rings. The molecular weight excluding hydrogens is 224 g/mol.